The summed E-state index contributed by atoms with van der Waals surface area (Å²) >= 11 is 0. The van der Waals surface area contributed by atoms with Crippen molar-refractivity contribution in [3.05, 3.63) is 89.5 Å². The Morgan fingerprint density at radius 2 is 1.67 bits per heavy atom. The Morgan fingerprint density at radius 3 is 2.43 bits per heavy atom. The van der Waals surface area contributed by atoms with Crippen molar-refractivity contribution in [2.24, 2.45) is 0 Å². The van der Waals surface area contributed by atoms with E-state index in [0.717, 1.165) is 60.0 Å². The number of para-hydroxylation sites is 1. The van der Waals surface area contributed by atoms with Gasteiger partial charge in [-0.15, -0.1) is 0 Å². The third-order valence-electron chi connectivity index (χ3n) is 10.0. The molecule has 7 nitrogen and oxygen atoms in total. The second-order valence-electron chi connectivity index (χ2n) is 13.1. The topological polar surface area (TPSA) is 89.4 Å². The van der Waals surface area contributed by atoms with Gasteiger partial charge in [0.05, 0.1) is 12.2 Å². The average Bonchev–Trinajstić information content (AvgIpc) is 3.62. The number of nitrogens with zero attached hydrogens (tertiary/aromatic N) is 1. The molecule has 0 unspecified atom stereocenters. The molecule has 0 radical (unpaired) electrons. The molecule has 2 saturated carbocycles. The summed E-state index contributed by atoms with van der Waals surface area (Å²) < 4.78 is 8.57. The van der Waals surface area contributed by atoms with E-state index in [1.807, 2.05) is 36.4 Å². The number of fused-ring (bicyclic) bond motifs is 5. The summed E-state index contributed by atoms with van der Waals surface area (Å²) in [7, 11) is 0. The van der Waals surface area contributed by atoms with Crippen LogP contribution in [-0.2, 0) is 16.1 Å². The maximum absolute atomic E-state index is 14.0. The number of aromatic nitrogens is 1. The van der Waals surface area contributed by atoms with Crippen LogP contribution in [0.4, 0.5) is 5.69 Å². The van der Waals surface area contributed by atoms with E-state index in [-0.39, 0.29) is 17.6 Å². The Hall–Kier alpha value is -4.65. The van der Waals surface area contributed by atoms with Crippen molar-refractivity contribution >= 4 is 40.3 Å². The zero-order chi connectivity index (χ0) is 31.7. The van der Waals surface area contributed by atoms with Crippen LogP contribution in [0.15, 0.2) is 72.8 Å². The van der Waals surface area contributed by atoms with E-state index in [9.17, 15) is 14.4 Å². The lowest BCUT2D eigenvalue weighted by atomic mass is 9.81. The molecule has 46 heavy (non-hydrogen) atoms. The van der Waals surface area contributed by atoms with E-state index in [0.29, 0.717) is 36.6 Å². The van der Waals surface area contributed by atoms with E-state index in [1.165, 1.54) is 43.5 Å². The quantitative estimate of drug-likeness (QED) is 0.206. The first-order valence-electron chi connectivity index (χ1n) is 16.7. The van der Waals surface area contributed by atoms with Crippen molar-refractivity contribution in [2.45, 2.75) is 82.7 Å². The number of benzene rings is 3. The highest BCUT2D eigenvalue weighted by Crippen LogP contribution is 2.47. The number of allylic oxidation sites excluding steroid dienone is 1. The molecular weight excluding hydrogens is 574 g/mol. The van der Waals surface area contributed by atoms with Crippen LogP contribution in [-0.4, -0.2) is 34.3 Å². The van der Waals surface area contributed by atoms with Crippen LogP contribution in [0.1, 0.15) is 92.1 Å². The van der Waals surface area contributed by atoms with Crippen LogP contribution in [0, 0.1) is 0 Å². The summed E-state index contributed by atoms with van der Waals surface area (Å²) in [6.07, 6.45) is 12.2. The summed E-state index contributed by atoms with van der Waals surface area (Å²) in [5.74, 6) is 0.904. The molecule has 2 amide bonds. The number of anilines is 1. The molecule has 2 fully saturated rings. The Kier molecular flexibility index (Phi) is 8.24. The van der Waals surface area contributed by atoms with Gasteiger partial charge in [-0.2, -0.15) is 0 Å². The predicted octanol–water partition coefficient (Wildman–Crippen LogP) is 8.03. The van der Waals surface area contributed by atoms with Gasteiger partial charge in [-0.25, -0.2) is 0 Å². The number of nitrogens with one attached hydrogen (secondary N) is 2. The highest BCUT2D eigenvalue weighted by Gasteiger charge is 2.43. The number of carbonyl (C=O) groups is 3. The second-order valence-corrected chi connectivity index (χ2v) is 13.1. The van der Waals surface area contributed by atoms with Crippen molar-refractivity contribution < 1.29 is 19.1 Å². The molecule has 2 heterocycles. The largest absolute Gasteiger partial charge is 0.491 e. The minimum Gasteiger partial charge on any atom is -0.491 e. The van der Waals surface area contributed by atoms with E-state index in [1.54, 1.807) is 6.08 Å². The smallest absolute Gasteiger partial charge is 0.252 e. The number of hydrogen-bond acceptors (Lipinski definition) is 4. The second kappa shape index (κ2) is 12.6. The van der Waals surface area contributed by atoms with E-state index in [4.69, 9.17) is 4.74 Å². The number of ether oxygens (including phenoxy) is 1. The standard InChI is InChI=1S/C39H41N3O4/c1-26(43)13-14-27-15-18-30(19-16-27)40-38(45)39(21-7-8-22-39)41-37(44)29-17-20-33-32(25-29)35(28-9-3-2-4-10-28)36-31-11-5-6-12-34(31)46-24-23-42(33)36/h5-6,11-20,25,28H,2-4,7-10,21-24H2,1H3,(H,40,45)(H,41,44)/b14-13+. The van der Waals surface area contributed by atoms with Crippen LogP contribution in [0.2, 0.25) is 0 Å². The van der Waals surface area contributed by atoms with Crippen LogP contribution in [0.25, 0.3) is 28.2 Å². The monoisotopic (exact) mass is 615 g/mol. The molecule has 7 rings (SSSR count). The van der Waals surface area contributed by atoms with Crippen LogP contribution in [0.5, 0.6) is 5.75 Å². The highest BCUT2D eigenvalue weighted by atomic mass is 16.5. The van der Waals surface area contributed by atoms with Crippen LogP contribution < -0.4 is 15.4 Å². The summed E-state index contributed by atoms with van der Waals surface area (Å²) in [5.41, 5.74) is 5.94. The summed E-state index contributed by atoms with van der Waals surface area (Å²) in [5, 5.41) is 7.38. The molecule has 0 saturated heterocycles. The van der Waals surface area contributed by atoms with E-state index >= 15 is 0 Å². The molecule has 2 N–H and O–H groups in total. The number of rotatable bonds is 7. The van der Waals surface area contributed by atoms with Crippen molar-refractivity contribution in [2.75, 3.05) is 11.9 Å². The zero-order valence-electron chi connectivity index (χ0n) is 26.4. The normalized spacial score (nSPS) is 17.6. The molecule has 4 aromatic rings. The van der Waals surface area contributed by atoms with Crippen molar-refractivity contribution in [3.63, 3.8) is 0 Å². The van der Waals surface area contributed by atoms with Gasteiger partial charge in [0, 0.05) is 27.7 Å². The summed E-state index contributed by atoms with van der Waals surface area (Å²) in [6.45, 7) is 2.85. The van der Waals surface area contributed by atoms with Crippen LogP contribution >= 0.6 is 0 Å². The third kappa shape index (κ3) is 5.75. The fourth-order valence-corrected chi connectivity index (χ4v) is 7.70. The van der Waals surface area contributed by atoms with Gasteiger partial charge in [0.15, 0.2) is 5.78 Å². The van der Waals surface area contributed by atoms with Crippen molar-refractivity contribution in [3.8, 4) is 17.0 Å². The SMILES string of the molecule is CC(=O)/C=C/c1ccc(NC(=O)C2(NC(=O)c3ccc4c(c3)c(C3CCCCC3)c3n4CCOc4ccccc4-3)CCCC2)cc1. The van der Waals surface area contributed by atoms with E-state index in [2.05, 4.69) is 45.5 Å². The van der Waals surface area contributed by atoms with Gasteiger partial charge in [0.1, 0.15) is 17.9 Å². The molecule has 0 bridgehead atoms. The van der Waals surface area contributed by atoms with Crippen molar-refractivity contribution in [1.82, 2.24) is 9.88 Å². The minimum absolute atomic E-state index is 0.0206. The van der Waals surface area contributed by atoms with Gasteiger partial charge < -0.3 is 19.9 Å². The first-order chi connectivity index (χ1) is 22.4. The minimum atomic E-state index is -0.973. The van der Waals surface area contributed by atoms with Gasteiger partial charge in [0.2, 0.25) is 5.91 Å². The fraction of sp³-hybridized carbons (Fsp3) is 0.359. The molecular formula is C39H41N3O4. The van der Waals surface area contributed by atoms with Crippen LogP contribution in [0.3, 0.4) is 0 Å². The lowest BCUT2D eigenvalue weighted by Crippen LogP contribution is -2.55. The first-order valence-corrected chi connectivity index (χ1v) is 16.7. The summed E-state index contributed by atoms with van der Waals surface area (Å²) in [4.78, 5) is 39.0. The number of hydrogen-bond donors (Lipinski definition) is 2. The molecule has 2 aliphatic carbocycles. The average molecular weight is 616 g/mol. The first kappa shape index (κ1) is 30.0. The lowest BCUT2D eigenvalue weighted by Gasteiger charge is -2.29. The molecule has 0 atom stereocenters. The molecule has 3 aliphatic rings. The number of ketones is 1. The predicted molar refractivity (Wildman–Crippen MR) is 182 cm³/mol. The van der Waals surface area contributed by atoms with E-state index < -0.39 is 5.54 Å². The van der Waals surface area contributed by atoms with Gasteiger partial charge in [-0.1, -0.05) is 62.4 Å². The van der Waals surface area contributed by atoms with Gasteiger partial charge in [-0.3, -0.25) is 14.4 Å². The molecule has 3 aromatic carbocycles. The number of amides is 2. The highest BCUT2D eigenvalue weighted by molar-refractivity contribution is 6.06. The Balaban J connectivity index is 1.20. The Morgan fingerprint density at radius 1 is 0.913 bits per heavy atom. The zero-order valence-corrected chi connectivity index (χ0v) is 26.4. The molecule has 236 valence electrons. The lowest BCUT2D eigenvalue weighted by molar-refractivity contribution is -0.122. The Labute approximate surface area is 270 Å². The van der Waals surface area contributed by atoms with Gasteiger partial charge in [-0.05, 0) is 98.2 Å². The van der Waals surface area contributed by atoms with Gasteiger partial charge in [0.25, 0.3) is 5.91 Å². The van der Waals surface area contributed by atoms with Crippen molar-refractivity contribution in [1.29, 1.82) is 0 Å². The number of carbonyl (C=O) groups excluding carboxylic acids is 3. The third-order valence-corrected chi connectivity index (χ3v) is 10.0. The molecule has 1 aromatic heterocycles. The Bertz CT molecular complexity index is 1820. The molecule has 1 aliphatic heterocycles. The fourth-order valence-electron chi connectivity index (χ4n) is 7.70. The summed E-state index contributed by atoms with van der Waals surface area (Å²) in [6, 6.07) is 21.7. The maximum Gasteiger partial charge on any atom is 0.252 e. The molecule has 7 heteroatoms. The van der Waals surface area contributed by atoms with Gasteiger partial charge >= 0.3 is 0 Å². The maximum atomic E-state index is 14.0. The molecule has 0 spiro atoms.